The van der Waals surface area contributed by atoms with Crippen LogP contribution in [0, 0.1) is 6.92 Å². The average molecular weight is 203 g/mol. The normalized spacial score (nSPS) is 12.5. The van der Waals surface area contributed by atoms with Crippen LogP contribution in [0.4, 0.5) is 0 Å². The molecule has 1 nitrogen and oxygen atoms in total. The van der Waals surface area contributed by atoms with Gasteiger partial charge in [0.15, 0.2) is 0 Å². The van der Waals surface area contributed by atoms with Gasteiger partial charge in [-0.3, -0.25) is 4.98 Å². The molecule has 0 radical (unpaired) electrons. The summed E-state index contributed by atoms with van der Waals surface area (Å²) < 4.78 is 0. The van der Waals surface area contributed by atoms with Crippen LogP contribution in [0.25, 0.3) is 0 Å². The summed E-state index contributed by atoms with van der Waals surface area (Å²) >= 11 is 0. The van der Waals surface area contributed by atoms with E-state index in [0.717, 1.165) is 6.42 Å². The van der Waals surface area contributed by atoms with Gasteiger partial charge >= 0.3 is 0 Å². The summed E-state index contributed by atoms with van der Waals surface area (Å²) in [5.74, 6) is 0.608. The number of aromatic nitrogens is 1. The maximum absolute atomic E-state index is 4.23. The lowest BCUT2D eigenvalue weighted by molar-refractivity contribution is 0.630. The van der Waals surface area contributed by atoms with Crippen LogP contribution in [-0.2, 0) is 0 Å². The highest BCUT2D eigenvalue weighted by molar-refractivity contribution is 5.19. The highest BCUT2D eigenvalue weighted by atomic mass is 14.6. The van der Waals surface area contributed by atoms with Gasteiger partial charge in [0.25, 0.3) is 0 Å². The molecule has 0 aliphatic carbocycles. The fourth-order valence-corrected chi connectivity index (χ4v) is 1.72. The molecule has 1 heterocycles. The van der Waals surface area contributed by atoms with E-state index in [2.05, 4.69) is 38.4 Å². The first-order valence-corrected chi connectivity index (χ1v) is 5.65. The van der Waals surface area contributed by atoms with Gasteiger partial charge in [-0.1, -0.05) is 18.6 Å². The molecule has 1 aromatic rings. The van der Waals surface area contributed by atoms with E-state index in [1.165, 1.54) is 29.5 Å². The van der Waals surface area contributed by atoms with Gasteiger partial charge in [-0.2, -0.15) is 0 Å². The lowest BCUT2D eigenvalue weighted by Crippen LogP contribution is -1.95. The molecule has 1 aromatic heterocycles. The Kier molecular flexibility index (Phi) is 4.54. The van der Waals surface area contributed by atoms with Crippen LogP contribution >= 0.6 is 0 Å². The molecule has 1 heteroatoms. The number of allylic oxidation sites excluding steroid dienone is 1. The Morgan fingerprint density at radius 3 is 2.80 bits per heavy atom. The third-order valence-electron chi connectivity index (χ3n) is 2.71. The molecular formula is C14H21N. The standard InChI is InChI=1S/C14H21N/c1-11(2)6-5-7-13(4)14-8-12(3)9-15-10-14/h8-10,13H,1,5-7H2,2-4H3. The van der Waals surface area contributed by atoms with E-state index in [1.54, 1.807) is 0 Å². The number of aryl methyl sites for hydroxylation is 1. The van der Waals surface area contributed by atoms with Crippen LogP contribution in [0.2, 0.25) is 0 Å². The SMILES string of the molecule is C=C(C)CCCC(C)c1cncc(C)c1. The summed E-state index contributed by atoms with van der Waals surface area (Å²) in [4.78, 5) is 4.23. The van der Waals surface area contributed by atoms with E-state index in [0.29, 0.717) is 5.92 Å². The minimum Gasteiger partial charge on any atom is -0.264 e. The van der Waals surface area contributed by atoms with Gasteiger partial charge in [0, 0.05) is 12.4 Å². The molecule has 0 aromatic carbocycles. The van der Waals surface area contributed by atoms with Crippen molar-refractivity contribution in [1.29, 1.82) is 0 Å². The quantitative estimate of drug-likeness (QED) is 0.652. The van der Waals surface area contributed by atoms with Gasteiger partial charge in [-0.25, -0.2) is 0 Å². The Bertz CT molecular complexity index is 328. The van der Waals surface area contributed by atoms with Crippen LogP contribution in [0.3, 0.4) is 0 Å². The zero-order valence-corrected chi connectivity index (χ0v) is 10.1. The van der Waals surface area contributed by atoms with E-state index >= 15 is 0 Å². The second-order valence-corrected chi connectivity index (χ2v) is 4.55. The Morgan fingerprint density at radius 1 is 1.47 bits per heavy atom. The Morgan fingerprint density at radius 2 is 2.20 bits per heavy atom. The summed E-state index contributed by atoms with van der Waals surface area (Å²) in [6.45, 7) is 10.4. The first-order chi connectivity index (χ1) is 7.09. The van der Waals surface area contributed by atoms with Crippen molar-refractivity contribution in [3.8, 4) is 0 Å². The minimum absolute atomic E-state index is 0.608. The van der Waals surface area contributed by atoms with E-state index in [1.807, 2.05) is 12.4 Å². The van der Waals surface area contributed by atoms with Gasteiger partial charge in [0.1, 0.15) is 0 Å². The lowest BCUT2D eigenvalue weighted by Gasteiger charge is -2.11. The molecule has 0 saturated heterocycles. The zero-order valence-electron chi connectivity index (χ0n) is 10.1. The molecule has 0 aliphatic heterocycles. The second kappa shape index (κ2) is 5.69. The summed E-state index contributed by atoms with van der Waals surface area (Å²) in [6.07, 6.45) is 7.48. The average Bonchev–Trinajstić information content (AvgIpc) is 2.17. The van der Waals surface area contributed by atoms with Crippen LogP contribution in [0.15, 0.2) is 30.6 Å². The number of pyridine rings is 1. The molecule has 0 amide bonds. The number of nitrogens with zero attached hydrogens (tertiary/aromatic N) is 1. The maximum Gasteiger partial charge on any atom is 0.0302 e. The monoisotopic (exact) mass is 203 g/mol. The van der Waals surface area contributed by atoms with Crippen LogP contribution in [0.1, 0.15) is 50.2 Å². The summed E-state index contributed by atoms with van der Waals surface area (Å²) in [7, 11) is 0. The van der Waals surface area contributed by atoms with Crippen molar-refractivity contribution in [2.75, 3.05) is 0 Å². The van der Waals surface area contributed by atoms with Gasteiger partial charge < -0.3 is 0 Å². The topological polar surface area (TPSA) is 12.9 Å². The number of rotatable bonds is 5. The van der Waals surface area contributed by atoms with E-state index in [4.69, 9.17) is 0 Å². The van der Waals surface area contributed by atoms with E-state index < -0.39 is 0 Å². The van der Waals surface area contributed by atoms with Crippen molar-refractivity contribution < 1.29 is 0 Å². The highest BCUT2D eigenvalue weighted by Gasteiger charge is 2.05. The molecule has 1 atom stereocenters. The highest BCUT2D eigenvalue weighted by Crippen LogP contribution is 2.22. The second-order valence-electron chi connectivity index (χ2n) is 4.55. The van der Waals surface area contributed by atoms with E-state index in [9.17, 15) is 0 Å². The van der Waals surface area contributed by atoms with Crippen molar-refractivity contribution in [2.24, 2.45) is 0 Å². The third kappa shape index (κ3) is 4.28. The first-order valence-electron chi connectivity index (χ1n) is 5.65. The summed E-state index contributed by atoms with van der Waals surface area (Å²) in [5.41, 5.74) is 3.89. The first kappa shape index (κ1) is 12.0. The maximum atomic E-state index is 4.23. The molecular weight excluding hydrogens is 182 g/mol. The predicted molar refractivity (Wildman–Crippen MR) is 66.1 cm³/mol. The van der Waals surface area contributed by atoms with Crippen molar-refractivity contribution in [1.82, 2.24) is 4.98 Å². The van der Waals surface area contributed by atoms with Crippen molar-refractivity contribution in [3.63, 3.8) is 0 Å². The van der Waals surface area contributed by atoms with E-state index in [-0.39, 0.29) is 0 Å². The Labute approximate surface area is 93.2 Å². The molecule has 1 unspecified atom stereocenters. The minimum atomic E-state index is 0.608. The molecule has 0 saturated carbocycles. The predicted octanol–water partition coefficient (Wildman–Crippen LogP) is 4.24. The fourth-order valence-electron chi connectivity index (χ4n) is 1.72. The zero-order chi connectivity index (χ0) is 11.3. The molecule has 15 heavy (non-hydrogen) atoms. The van der Waals surface area contributed by atoms with Crippen LogP contribution in [-0.4, -0.2) is 4.98 Å². The van der Waals surface area contributed by atoms with Crippen LogP contribution in [0.5, 0.6) is 0 Å². The molecule has 1 rings (SSSR count). The third-order valence-corrected chi connectivity index (χ3v) is 2.71. The molecule has 0 fully saturated rings. The molecule has 0 aliphatic rings. The molecule has 0 N–H and O–H groups in total. The molecule has 82 valence electrons. The Hall–Kier alpha value is -1.11. The van der Waals surface area contributed by atoms with Gasteiger partial charge in [-0.05, 0) is 50.2 Å². The smallest absolute Gasteiger partial charge is 0.0302 e. The van der Waals surface area contributed by atoms with Crippen LogP contribution < -0.4 is 0 Å². The number of hydrogen-bond donors (Lipinski definition) is 0. The fraction of sp³-hybridized carbons (Fsp3) is 0.500. The largest absolute Gasteiger partial charge is 0.264 e. The summed E-state index contributed by atoms with van der Waals surface area (Å²) in [6, 6.07) is 2.23. The summed E-state index contributed by atoms with van der Waals surface area (Å²) in [5, 5.41) is 0. The van der Waals surface area contributed by atoms with Gasteiger partial charge in [0.05, 0.1) is 0 Å². The van der Waals surface area contributed by atoms with Gasteiger partial charge in [-0.15, -0.1) is 6.58 Å². The molecule has 0 bridgehead atoms. The Balaban J connectivity index is 2.46. The van der Waals surface area contributed by atoms with Crippen molar-refractivity contribution >= 4 is 0 Å². The van der Waals surface area contributed by atoms with Crippen molar-refractivity contribution in [3.05, 3.63) is 41.7 Å². The lowest BCUT2D eigenvalue weighted by atomic mass is 9.95. The number of hydrogen-bond acceptors (Lipinski definition) is 1. The van der Waals surface area contributed by atoms with Gasteiger partial charge in [0.2, 0.25) is 0 Å². The molecule has 0 spiro atoms. The van der Waals surface area contributed by atoms with Crippen molar-refractivity contribution in [2.45, 2.75) is 46.0 Å².